The van der Waals surface area contributed by atoms with E-state index in [0.29, 0.717) is 84.9 Å². The minimum absolute atomic E-state index is 0.0953. The fourth-order valence-corrected chi connectivity index (χ4v) is 6.10. The Morgan fingerprint density at radius 2 is 1.59 bits per heavy atom. The van der Waals surface area contributed by atoms with Crippen LogP contribution >= 0.6 is 0 Å². The van der Waals surface area contributed by atoms with Gasteiger partial charge in [0, 0.05) is 51.0 Å². The van der Waals surface area contributed by atoms with Gasteiger partial charge in [-0.15, -0.1) is 0 Å². The highest BCUT2D eigenvalue weighted by atomic mass is 28.3. The second-order valence-corrected chi connectivity index (χ2v) is 18.5. The molecule has 1 fully saturated rings. The Hall–Kier alpha value is -4.03. The molecule has 46 heavy (non-hydrogen) atoms. The Labute approximate surface area is 272 Å². The largest absolute Gasteiger partial charge is 0.493 e. The van der Waals surface area contributed by atoms with Crippen LogP contribution in [0, 0.1) is 0 Å². The fraction of sp³-hybridized carbons (Fsp3) is 0.500. The van der Waals surface area contributed by atoms with Crippen molar-refractivity contribution in [2.24, 2.45) is 0 Å². The van der Waals surface area contributed by atoms with Crippen molar-refractivity contribution in [2.75, 3.05) is 58.2 Å². The molecule has 0 aliphatic carbocycles. The van der Waals surface area contributed by atoms with Crippen LogP contribution in [0.25, 0.3) is 0 Å². The van der Waals surface area contributed by atoms with E-state index in [0.717, 1.165) is 30.9 Å². The van der Waals surface area contributed by atoms with Crippen LogP contribution in [0.2, 0.25) is 25.7 Å². The van der Waals surface area contributed by atoms with Gasteiger partial charge in [-0.3, -0.25) is 14.4 Å². The summed E-state index contributed by atoms with van der Waals surface area (Å²) in [6.07, 6.45) is 3.00. The maximum atomic E-state index is 13.2. The molecule has 0 saturated carbocycles. The van der Waals surface area contributed by atoms with Gasteiger partial charge in [0.1, 0.15) is 6.04 Å². The number of hydrogen-bond donors (Lipinski definition) is 2. The highest BCUT2D eigenvalue weighted by Gasteiger charge is 2.40. The number of ether oxygens (including phenoxy) is 5. The van der Waals surface area contributed by atoms with Gasteiger partial charge in [0.15, 0.2) is 28.8 Å². The number of anilines is 2. The molecule has 2 aliphatic heterocycles. The Morgan fingerprint density at radius 3 is 2.24 bits per heavy atom. The summed E-state index contributed by atoms with van der Waals surface area (Å²) in [6, 6.07) is 7.03. The monoisotopic (exact) mass is 653 g/mol. The summed E-state index contributed by atoms with van der Waals surface area (Å²) < 4.78 is 28.6. The van der Waals surface area contributed by atoms with Crippen LogP contribution in [-0.4, -0.2) is 83.8 Å². The average Bonchev–Trinajstić information content (AvgIpc) is 3.37. The van der Waals surface area contributed by atoms with Gasteiger partial charge in [0.05, 0.1) is 45.3 Å². The number of nitrogens with zero attached hydrogens (tertiary/aromatic N) is 1. The lowest BCUT2D eigenvalue weighted by Gasteiger charge is -2.19. The standard InChI is InChI=1S/C34H47N3O8Si/c1-22-16-27-33(39)36-26-20-32(30(42-3)18-24(26)34(40)37(27)21-22)45-12-9-7-8-11-44-31-19-25(35)23(17-29(31)41-2)28(38)10-13-43-14-15-46(4,5)6/h17-20,27H,1,7-16,21,35H2,2-6H3,(H,36,39)/t27-/m0/s1. The Balaban J connectivity index is 1.23. The van der Waals surface area contributed by atoms with Gasteiger partial charge >= 0.3 is 0 Å². The number of nitrogen functional groups attached to an aromatic ring is 1. The number of hydrogen-bond acceptors (Lipinski definition) is 9. The molecule has 2 aromatic carbocycles. The van der Waals surface area contributed by atoms with Crippen LogP contribution in [0.1, 0.15) is 52.8 Å². The molecule has 2 heterocycles. The number of carbonyl (C=O) groups is 3. The molecular formula is C34H47N3O8Si. The SMILES string of the molecule is C=C1C[C@H]2C(=O)Nc3cc(OCCCCCOc4cc(N)c(C(=O)CCOCC[Si](C)(C)C)cc4OC)c(OC)cc3C(=O)N2C1. The van der Waals surface area contributed by atoms with E-state index in [-0.39, 0.29) is 24.0 Å². The zero-order chi connectivity index (χ0) is 33.4. The number of nitrogens with one attached hydrogen (secondary N) is 1. The van der Waals surface area contributed by atoms with Gasteiger partial charge in [-0.1, -0.05) is 31.8 Å². The zero-order valence-corrected chi connectivity index (χ0v) is 28.7. The summed E-state index contributed by atoms with van der Waals surface area (Å²) in [5, 5.41) is 2.87. The molecule has 2 aliphatic rings. The predicted octanol–water partition coefficient (Wildman–Crippen LogP) is 5.56. The molecule has 0 aromatic heterocycles. The molecule has 2 amide bonds. The number of benzene rings is 2. The van der Waals surface area contributed by atoms with E-state index < -0.39 is 14.1 Å². The molecular weight excluding hydrogens is 606 g/mol. The predicted molar refractivity (Wildman–Crippen MR) is 180 cm³/mol. The normalized spacial score (nSPS) is 16.0. The second-order valence-electron chi connectivity index (χ2n) is 12.9. The number of fused-ring (bicyclic) bond motifs is 2. The van der Waals surface area contributed by atoms with Gasteiger partial charge in [0.2, 0.25) is 5.91 Å². The van der Waals surface area contributed by atoms with Crippen molar-refractivity contribution >= 4 is 37.0 Å². The highest BCUT2D eigenvalue weighted by molar-refractivity contribution is 6.76. The molecule has 12 heteroatoms. The zero-order valence-electron chi connectivity index (χ0n) is 27.7. The number of Topliss-reactive ketones (excluding diaryl/α,β-unsaturated/α-hetero) is 1. The molecule has 4 rings (SSSR count). The van der Waals surface area contributed by atoms with E-state index >= 15 is 0 Å². The van der Waals surface area contributed by atoms with Crippen molar-refractivity contribution in [1.29, 1.82) is 0 Å². The lowest BCUT2D eigenvalue weighted by Crippen LogP contribution is -2.40. The first-order valence-electron chi connectivity index (χ1n) is 15.8. The third kappa shape index (κ3) is 8.82. The molecule has 0 unspecified atom stereocenters. The van der Waals surface area contributed by atoms with E-state index in [1.807, 2.05) is 0 Å². The average molecular weight is 654 g/mol. The van der Waals surface area contributed by atoms with E-state index in [1.165, 1.54) is 14.2 Å². The molecule has 0 spiro atoms. The van der Waals surface area contributed by atoms with Gasteiger partial charge in [-0.25, -0.2) is 0 Å². The maximum absolute atomic E-state index is 13.2. The lowest BCUT2D eigenvalue weighted by atomic mass is 10.1. The quantitative estimate of drug-likeness (QED) is 0.0738. The maximum Gasteiger partial charge on any atom is 0.257 e. The van der Waals surface area contributed by atoms with Gasteiger partial charge < -0.3 is 39.6 Å². The molecule has 250 valence electrons. The molecule has 1 atom stereocenters. The first-order chi connectivity index (χ1) is 21.9. The van der Waals surface area contributed by atoms with Crippen LogP contribution in [0.5, 0.6) is 23.0 Å². The van der Waals surface area contributed by atoms with Crippen molar-refractivity contribution in [2.45, 2.75) is 63.8 Å². The van der Waals surface area contributed by atoms with Crippen molar-refractivity contribution in [3.05, 3.63) is 47.5 Å². The number of unbranched alkanes of at least 4 members (excludes halogenated alkanes) is 2. The van der Waals surface area contributed by atoms with Crippen molar-refractivity contribution < 1.29 is 38.1 Å². The first kappa shape index (κ1) is 34.8. The Morgan fingerprint density at radius 1 is 0.935 bits per heavy atom. The third-order valence-electron chi connectivity index (χ3n) is 8.02. The van der Waals surface area contributed by atoms with E-state index in [4.69, 9.17) is 29.4 Å². The number of ketones is 1. The summed E-state index contributed by atoms with van der Waals surface area (Å²) in [6.45, 7) is 13.0. The van der Waals surface area contributed by atoms with Crippen LogP contribution < -0.4 is 30.0 Å². The number of nitrogens with two attached hydrogens (primary N) is 1. The topological polar surface area (TPSA) is 139 Å². The molecule has 2 aromatic rings. The summed E-state index contributed by atoms with van der Waals surface area (Å²) in [5.41, 5.74) is 8.58. The summed E-state index contributed by atoms with van der Waals surface area (Å²) in [5.74, 6) is 1.23. The van der Waals surface area contributed by atoms with Gasteiger partial charge in [-0.05, 0) is 43.9 Å². The summed E-state index contributed by atoms with van der Waals surface area (Å²) in [7, 11) is 1.87. The fourth-order valence-electron chi connectivity index (χ4n) is 5.34. The molecule has 0 bridgehead atoms. The number of methoxy groups -OCH3 is 2. The summed E-state index contributed by atoms with van der Waals surface area (Å²) in [4.78, 5) is 40.3. The first-order valence-corrected chi connectivity index (χ1v) is 19.5. The number of amides is 2. The molecule has 1 saturated heterocycles. The van der Waals surface area contributed by atoms with Gasteiger partial charge in [-0.2, -0.15) is 0 Å². The third-order valence-corrected chi connectivity index (χ3v) is 9.72. The van der Waals surface area contributed by atoms with Crippen molar-refractivity contribution in [3.63, 3.8) is 0 Å². The van der Waals surface area contributed by atoms with Gasteiger partial charge in [0.25, 0.3) is 5.91 Å². The highest BCUT2D eigenvalue weighted by Crippen LogP contribution is 2.38. The smallest absolute Gasteiger partial charge is 0.257 e. The number of carbonyl (C=O) groups excluding carboxylic acids is 3. The minimum atomic E-state index is -1.17. The van der Waals surface area contributed by atoms with E-state index in [9.17, 15) is 14.4 Å². The molecule has 11 nitrogen and oxygen atoms in total. The molecule has 3 N–H and O–H groups in total. The second kappa shape index (κ2) is 15.5. The molecule has 0 radical (unpaired) electrons. The van der Waals surface area contributed by atoms with Crippen LogP contribution in [0.4, 0.5) is 11.4 Å². The van der Waals surface area contributed by atoms with E-state index in [2.05, 4.69) is 31.5 Å². The lowest BCUT2D eigenvalue weighted by molar-refractivity contribution is -0.119. The minimum Gasteiger partial charge on any atom is -0.493 e. The van der Waals surface area contributed by atoms with Crippen molar-refractivity contribution in [1.82, 2.24) is 4.90 Å². The van der Waals surface area contributed by atoms with Crippen LogP contribution in [-0.2, 0) is 9.53 Å². The summed E-state index contributed by atoms with van der Waals surface area (Å²) >= 11 is 0. The number of rotatable bonds is 17. The van der Waals surface area contributed by atoms with Crippen LogP contribution in [0.15, 0.2) is 36.4 Å². The Kier molecular flexibility index (Phi) is 11.7. The Bertz CT molecular complexity index is 1450. The van der Waals surface area contributed by atoms with Crippen molar-refractivity contribution in [3.8, 4) is 23.0 Å². The van der Waals surface area contributed by atoms with Crippen LogP contribution in [0.3, 0.4) is 0 Å². The van der Waals surface area contributed by atoms with E-state index in [1.54, 1.807) is 29.2 Å².